The number of phosphoric ester groups is 2. The third-order valence-corrected chi connectivity index (χ3v) is 20.0. The van der Waals surface area contributed by atoms with Gasteiger partial charge < -0.3 is 33.8 Å². The maximum atomic E-state index is 13.1. The van der Waals surface area contributed by atoms with Crippen LogP contribution in [-0.2, 0) is 65.4 Å². The number of esters is 4. The first-order valence-corrected chi connectivity index (χ1v) is 41.9. The highest BCUT2D eigenvalue weighted by atomic mass is 31.2. The molecule has 0 spiro atoms. The van der Waals surface area contributed by atoms with E-state index >= 15 is 0 Å². The third kappa shape index (κ3) is 66.0. The maximum Gasteiger partial charge on any atom is 0.472 e. The number of ether oxygens (including phenoxy) is 4. The molecule has 0 fully saturated rings. The van der Waals surface area contributed by atoms with Crippen molar-refractivity contribution in [3.63, 3.8) is 0 Å². The molecule has 4 unspecified atom stereocenters. The van der Waals surface area contributed by atoms with Crippen molar-refractivity contribution in [1.29, 1.82) is 0 Å². The summed E-state index contributed by atoms with van der Waals surface area (Å²) in [7, 11) is -9.91. The van der Waals surface area contributed by atoms with Crippen molar-refractivity contribution < 1.29 is 80.2 Å². The van der Waals surface area contributed by atoms with Crippen molar-refractivity contribution in [3.05, 3.63) is 0 Å². The van der Waals surface area contributed by atoms with Crippen molar-refractivity contribution in [3.8, 4) is 0 Å². The molecule has 0 rings (SSSR count). The van der Waals surface area contributed by atoms with Crippen LogP contribution in [0.5, 0.6) is 0 Å². The Morgan fingerprint density at radius 2 is 0.543 bits per heavy atom. The van der Waals surface area contributed by atoms with Gasteiger partial charge in [0.15, 0.2) is 12.2 Å². The number of carbonyl (C=O) groups excluding carboxylic acids is 4. The van der Waals surface area contributed by atoms with Gasteiger partial charge in [-0.25, -0.2) is 9.13 Å². The molecule has 0 radical (unpaired) electrons. The van der Waals surface area contributed by atoms with Gasteiger partial charge in [0.05, 0.1) is 26.4 Å². The predicted molar refractivity (Wildman–Crippen MR) is 381 cm³/mol. The van der Waals surface area contributed by atoms with Gasteiger partial charge in [-0.2, -0.15) is 0 Å². The highest BCUT2D eigenvalue weighted by Crippen LogP contribution is 2.45. The minimum atomic E-state index is -4.96. The third-order valence-electron chi connectivity index (χ3n) is 18.1. The van der Waals surface area contributed by atoms with Crippen LogP contribution in [0.15, 0.2) is 0 Å². The minimum Gasteiger partial charge on any atom is -0.462 e. The molecule has 0 heterocycles. The quantitative estimate of drug-likeness (QED) is 0.0222. The summed E-state index contributed by atoms with van der Waals surface area (Å²) < 4.78 is 68.4. The van der Waals surface area contributed by atoms with Crippen LogP contribution < -0.4 is 0 Å². The number of aliphatic hydroxyl groups is 1. The number of aliphatic hydroxyl groups excluding tert-OH is 1. The van der Waals surface area contributed by atoms with Crippen molar-refractivity contribution >= 4 is 39.5 Å². The van der Waals surface area contributed by atoms with E-state index in [4.69, 9.17) is 37.0 Å². The van der Waals surface area contributed by atoms with Gasteiger partial charge >= 0.3 is 39.5 Å². The summed E-state index contributed by atoms with van der Waals surface area (Å²) in [5, 5.41) is 10.6. The predicted octanol–water partition coefficient (Wildman–Crippen LogP) is 21.8. The second-order valence-corrected chi connectivity index (χ2v) is 30.9. The van der Waals surface area contributed by atoms with Crippen molar-refractivity contribution in [2.24, 2.45) is 17.8 Å². The fraction of sp³-hybridized carbons (Fsp3) is 0.947. The molecule has 0 amide bonds. The van der Waals surface area contributed by atoms with Crippen LogP contribution in [0.25, 0.3) is 0 Å². The number of unbranched alkanes of at least 4 members (excludes halogenated alkanes) is 39. The molecule has 0 bridgehead atoms. The van der Waals surface area contributed by atoms with Gasteiger partial charge in [0.25, 0.3) is 0 Å². The normalized spacial score (nSPS) is 14.7. The zero-order valence-electron chi connectivity index (χ0n) is 61.4. The second kappa shape index (κ2) is 65.7. The summed E-state index contributed by atoms with van der Waals surface area (Å²) in [6.45, 7) is 11.8. The van der Waals surface area contributed by atoms with E-state index in [9.17, 15) is 43.2 Å². The molecule has 0 aliphatic rings. The lowest BCUT2D eigenvalue weighted by Crippen LogP contribution is -2.30. The molecular weight excluding hydrogens is 1230 g/mol. The number of rotatable bonds is 73. The van der Waals surface area contributed by atoms with E-state index in [1.54, 1.807) is 0 Å². The molecule has 0 aromatic carbocycles. The Bertz CT molecular complexity index is 1840. The molecule has 17 nitrogen and oxygen atoms in total. The Morgan fingerprint density at radius 3 is 0.809 bits per heavy atom. The Kier molecular flexibility index (Phi) is 64.3. The largest absolute Gasteiger partial charge is 0.472 e. The lowest BCUT2D eigenvalue weighted by Gasteiger charge is -2.21. The number of phosphoric acid groups is 2. The fourth-order valence-electron chi connectivity index (χ4n) is 11.4. The van der Waals surface area contributed by atoms with Crippen LogP contribution in [0.2, 0.25) is 0 Å². The molecule has 558 valence electrons. The molecule has 7 atom stereocenters. The van der Waals surface area contributed by atoms with E-state index in [0.717, 1.165) is 114 Å². The molecule has 0 saturated carbocycles. The summed E-state index contributed by atoms with van der Waals surface area (Å²) in [6, 6.07) is 0. The van der Waals surface area contributed by atoms with E-state index in [1.165, 1.54) is 186 Å². The van der Waals surface area contributed by atoms with E-state index in [0.29, 0.717) is 25.7 Å². The van der Waals surface area contributed by atoms with Crippen LogP contribution >= 0.6 is 15.6 Å². The lowest BCUT2D eigenvalue weighted by molar-refractivity contribution is -0.161. The Labute approximate surface area is 575 Å². The first kappa shape index (κ1) is 92.1. The van der Waals surface area contributed by atoms with E-state index in [2.05, 4.69) is 48.5 Å². The molecular formula is C75H146O17P2. The first-order chi connectivity index (χ1) is 45.3. The average Bonchev–Trinajstić information content (AvgIpc) is 1.59. The minimum absolute atomic E-state index is 0.102. The molecule has 0 aliphatic carbocycles. The summed E-state index contributed by atoms with van der Waals surface area (Å²) in [4.78, 5) is 72.7. The van der Waals surface area contributed by atoms with Gasteiger partial charge in [0.1, 0.15) is 19.3 Å². The Balaban J connectivity index is 5.17. The average molecular weight is 1380 g/mol. The zero-order chi connectivity index (χ0) is 69.4. The van der Waals surface area contributed by atoms with Crippen LogP contribution in [0, 0.1) is 17.8 Å². The van der Waals surface area contributed by atoms with E-state index in [-0.39, 0.29) is 25.7 Å². The van der Waals surface area contributed by atoms with E-state index < -0.39 is 97.5 Å². The van der Waals surface area contributed by atoms with Crippen molar-refractivity contribution in [2.45, 2.75) is 401 Å². The standard InChI is InChI=1S/C75H146O17P2/c1-8-11-12-13-14-15-16-17-18-19-20-21-22-23-24-25-26-27-30-34-44-51-58-74(79)91-70(62-85-72(77)56-49-42-33-31-28-29-32-39-46-53-66(4)5)64-89-93(81,82)87-60-69(76)61-88-94(83,84)90-65-71(92-75(80)59-52-45-38-36-41-48-55-68(7)10-3)63-86-73(78)57-50-43-37-35-40-47-54-67(6)9-2/h66-71,76H,8-65H2,1-7H3,(H,81,82)(H,83,84)/t67?,68?,69-,70-,71-/m1/s1. The second-order valence-electron chi connectivity index (χ2n) is 28.0. The topological polar surface area (TPSA) is 237 Å². The highest BCUT2D eigenvalue weighted by Gasteiger charge is 2.30. The monoisotopic (exact) mass is 1380 g/mol. The summed E-state index contributed by atoms with van der Waals surface area (Å²) in [5.41, 5.74) is 0. The molecule has 0 aromatic rings. The number of carbonyl (C=O) groups is 4. The molecule has 0 aromatic heterocycles. The maximum absolute atomic E-state index is 13.1. The van der Waals surface area contributed by atoms with E-state index in [1.807, 2.05) is 0 Å². The summed E-state index contributed by atoms with van der Waals surface area (Å²) in [5.74, 6) is 0.0680. The van der Waals surface area contributed by atoms with Crippen LogP contribution in [-0.4, -0.2) is 96.7 Å². The summed E-state index contributed by atoms with van der Waals surface area (Å²) >= 11 is 0. The summed E-state index contributed by atoms with van der Waals surface area (Å²) in [6.07, 6.45) is 51.7. The van der Waals surface area contributed by atoms with Crippen LogP contribution in [0.3, 0.4) is 0 Å². The Hall–Kier alpha value is -1.94. The molecule has 3 N–H and O–H groups in total. The number of hydrogen-bond acceptors (Lipinski definition) is 15. The lowest BCUT2D eigenvalue weighted by atomic mass is 10.00. The van der Waals surface area contributed by atoms with Gasteiger partial charge in [-0.15, -0.1) is 0 Å². The molecule has 0 aliphatic heterocycles. The SMILES string of the molecule is CCCCCCCCCCCCCCCCCCCCCCCCC(=O)O[C@H](COC(=O)CCCCCCCCCCCC(C)C)COP(=O)(O)OC[C@@H](O)COP(=O)(O)OC[C@@H](COC(=O)CCCCCCCCC(C)CC)OC(=O)CCCCCCCCC(C)CC. The van der Waals surface area contributed by atoms with Gasteiger partial charge in [0.2, 0.25) is 0 Å². The zero-order valence-corrected chi connectivity index (χ0v) is 63.2. The van der Waals surface area contributed by atoms with Crippen LogP contribution in [0.1, 0.15) is 382 Å². The van der Waals surface area contributed by atoms with Gasteiger partial charge in [-0.1, -0.05) is 331 Å². The number of hydrogen-bond donors (Lipinski definition) is 3. The van der Waals surface area contributed by atoms with Crippen LogP contribution in [0.4, 0.5) is 0 Å². The smallest absolute Gasteiger partial charge is 0.462 e. The van der Waals surface area contributed by atoms with Crippen molar-refractivity contribution in [1.82, 2.24) is 0 Å². The van der Waals surface area contributed by atoms with Gasteiger partial charge in [0, 0.05) is 25.7 Å². The fourth-order valence-corrected chi connectivity index (χ4v) is 12.9. The first-order valence-electron chi connectivity index (χ1n) is 38.9. The molecule has 0 saturated heterocycles. The molecule has 94 heavy (non-hydrogen) atoms. The van der Waals surface area contributed by atoms with Gasteiger partial charge in [-0.05, 0) is 43.4 Å². The highest BCUT2D eigenvalue weighted by molar-refractivity contribution is 7.47. The Morgan fingerprint density at radius 1 is 0.309 bits per heavy atom. The van der Waals surface area contributed by atoms with Gasteiger partial charge in [-0.3, -0.25) is 37.3 Å². The molecule has 19 heteroatoms. The van der Waals surface area contributed by atoms with Crippen molar-refractivity contribution in [2.75, 3.05) is 39.6 Å².